The number of Topliss-reactive ketones (excluding diaryl/α,β-unsaturated/α-hetero) is 1. The standard InChI is InChI=1S/C22H21N3O4/c1-12(2)10-17(27)18-19(13-6-5-7-14(26)11-13)25(21(29)20(18)28)22-23-15-8-3-4-9-16(15)24-22/h3-9,11-12,19,26,28H,10H2,1-2H3,(H,23,24). The lowest BCUT2D eigenvalue weighted by atomic mass is 9.92. The summed E-state index contributed by atoms with van der Waals surface area (Å²) in [7, 11) is 0. The molecule has 1 aliphatic rings. The molecule has 0 fully saturated rings. The summed E-state index contributed by atoms with van der Waals surface area (Å²) in [5.74, 6) is -1.31. The Labute approximate surface area is 167 Å². The molecule has 7 heteroatoms. The van der Waals surface area contributed by atoms with Crippen LogP contribution in [0.5, 0.6) is 5.75 Å². The largest absolute Gasteiger partial charge is 0.508 e. The van der Waals surface area contributed by atoms with Gasteiger partial charge in [-0.1, -0.05) is 38.1 Å². The van der Waals surface area contributed by atoms with Crippen LogP contribution in [0.25, 0.3) is 11.0 Å². The van der Waals surface area contributed by atoms with Crippen LogP contribution in [0.2, 0.25) is 0 Å². The number of amides is 1. The van der Waals surface area contributed by atoms with Gasteiger partial charge in [0.05, 0.1) is 22.6 Å². The summed E-state index contributed by atoms with van der Waals surface area (Å²) in [6, 6.07) is 12.7. The second kappa shape index (κ2) is 7.09. The van der Waals surface area contributed by atoms with E-state index < -0.39 is 17.7 Å². The van der Waals surface area contributed by atoms with Gasteiger partial charge in [0.15, 0.2) is 11.5 Å². The highest BCUT2D eigenvalue weighted by atomic mass is 16.3. The fourth-order valence-electron chi connectivity index (χ4n) is 3.65. The molecule has 0 saturated carbocycles. The number of rotatable bonds is 5. The van der Waals surface area contributed by atoms with Gasteiger partial charge >= 0.3 is 0 Å². The van der Waals surface area contributed by atoms with Crippen LogP contribution in [0.4, 0.5) is 5.95 Å². The highest BCUT2D eigenvalue weighted by Gasteiger charge is 2.45. The summed E-state index contributed by atoms with van der Waals surface area (Å²) in [5.41, 5.74) is 1.92. The van der Waals surface area contributed by atoms with Gasteiger partial charge in [-0.2, -0.15) is 0 Å². The van der Waals surface area contributed by atoms with Gasteiger partial charge in [-0.25, -0.2) is 4.98 Å². The highest BCUT2D eigenvalue weighted by Crippen LogP contribution is 2.41. The number of hydrogen-bond acceptors (Lipinski definition) is 5. The summed E-state index contributed by atoms with van der Waals surface area (Å²) in [5, 5.41) is 20.6. The second-order valence-electron chi connectivity index (χ2n) is 7.53. The third-order valence-electron chi connectivity index (χ3n) is 4.89. The predicted molar refractivity (Wildman–Crippen MR) is 109 cm³/mol. The fourth-order valence-corrected chi connectivity index (χ4v) is 3.65. The number of aromatic nitrogens is 2. The van der Waals surface area contributed by atoms with Crippen LogP contribution in [0.3, 0.4) is 0 Å². The number of aromatic amines is 1. The number of phenols is 1. The van der Waals surface area contributed by atoms with E-state index in [-0.39, 0.29) is 35.4 Å². The number of nitrogens with zero attached hydrogens (tertiary/aromatic N) is 2. The topological polar surface area (TPSA) is 107 Å². The summed E-state index contributed by atoms with van der Waals surface area (Å²) in [6.07, 6.45) is 0.190. The molecule has 1 atom stereocenters. The predicted octanol–water partition coefficient (Wildman–Crippen LogP) is 3.78. The molecule has 0 saturated heterocycles. The third-order valence-corrected chi connectivity index (χ3v) is 4.89. The van der Waals surface area contributed by atoms with Gasteiger partial charge in [0.2, 0.25) is 5.95 Å². The van der Waals surface area contributed by atoms with Crippen LogP contribution < -0.4 is 4.90 Å². The number of nitrogens with one attached hydrogen (secondary N) is 1. The number of ketones is 1. The Morgan fingerprint density at radius 1 is 1.17 bits per heavy atom. The maximum atomic E-state index is 13.0. The third kappa shape index (κ3) is 3.24. The van der Waals surface area contributed by atoms with E-state index in [1.54, 1.807) is 18.2 Å². The highest BCUT2D eigenvalue weighted by molar-refractivity contribution is 6.16. The van der Waals surface area contributed by atoms with Gasteiger partial charge in [0, 0.05) is 6.42 Å². The number of carbonyl (C=O) groups is 2. The molecule has 4 rings (SSSR count). The normalized spacial score (nSPS) is 17.0. The quantitative estimate of drug-likeness (QED) is 0.614. The lowest BCUT2D eigenvalue weighted by Crippen LogP contribution is -2.32. The van der Waals surface area contributed by atoms with Crippen molar-refractivity contribution in [2.24, 2.45) is 5.92 Å². The van der Waals surface area contributed by atoms with Crippen molar-refractivity contribution in [1.29, 1.82) is 0 Å². The first kappa shape index (κ1) is 18.7. The summed E-state index contributed by atoms with van der Waals surface area (Å²) >= 11 is 0. The zero-order valence-electron chi connectivity index (χ0n) is 16.1. The molecular weight excluding hydrogens is 370 g/mol. The number of H-pyrrole nitrogens is 1. The number of phenolic OH excluding ortho intramolecular Hbond substituents is 1. The number of anilines is 1. The van der Waals surface area contributed by atoms with E-state index in [0.29, 0.717) is 11.1 Å². The zero-order valence-corrected chi connectivity index (χ0v) is 16.1. The molecule has 1 unspecified atom stereocenters. The van der Waals surface area contributed by atoms with E-state index in [1.807, 2.05) is 32.0 Å². The van der Waals surface area contributed by atoms with Crippen LogP contribution in [0, 0.1) is 5.92 Å². The SMILES string of the molecule is CC(C)CC(=O)C1=C(O)C(=O)N(c2nc3ccccc3[nH]2)C1c1cccc(O)c1. The molecule has 1 aromatic heterocycles. The van der Waals surface area contributed by atoms with Gasteiger partial charge in [0.1, 0.15) is 5.75 Å². The van der Waals surface area contributed by atoms with Crippen molar-refractivity contribution in [3.63, 3.8) is 0 Å². The summed E-state index contributed by atoms with van der Waals surface area (Å²) in [6.45, 7) is 3.79. The van der Waals surface area contributed by atoms with Gasteiger partial charge < -0.3 is 15.2 Å². The Morgan fingerprint density at radius 2 is 1.93 bits per heavy atom. The van der Waals surface area contributed by atoms with Gasteiger partial charge in [0.25, 0.3) is 5.91 Å². The maximum absolute atomic E-state index is 13.0. The molecule has 29 heavy (non-hydrogen) atoms. The number of aliphatic hydroxyl groups excluding tert-OH is 1. The van der Waals surface area contributed by atoms with Crippen LogP contribution in [0.1, 0.15) is 31.9 Å². The van der Waals surface area contributed by atoms with Crippen molar-refractivity contribution in [2.45, 2.75) is 26.3 Å². The smallest absolute Gasteiger partial charge is 0.296 e. The van der Waals surface area contributed by atoms with E-state index in [1.165, 1.54) is 17.0 Å². The minimum atomic E-state index is -0.888. The van der Waals surface area contributed by atoms with E-state index in [4.69, 9.17) is 0 Å². The number of aromatic hydroxyl groups is 1. The molecule has 2 heterocycles. The average Bonchev–Trinajstić information content (AvgIpc) is 3.20. The molecule has 0 aliphatic carbocycles. The average molecular weight is 391 g/mol. The fraction of sp³-hybridized carbons (Fsp3) is 0.227. The molecule has 1 amide bonds. The number of hydrogen-bond donors (Lipinski definition) is 3. The van der Waals surface area contributed by atoms with E-state index >= 15 is 0 Å². The lowest BCUT2D eigenvalue weighted by molar-refractivity contribution is -0.118. The first-order chi connectivity index (χ1) is 13.9. The Morgan fingerprint density at radius 3 is 2.62 bits per heavy atom. The Kier molecular flexibility index (Phi) is 4.58. The van der Waals surface area contributed by atoms with Crippen LogP contribution in [-0.4, -0.2) is 31.9 Å². The van der Waals surface area contributed by atoms with E-state index in [2.05, 4.69) is 9.97 Å². The molecule has 2 aromatic carbocycles. The minimum absolute atomic E-state index is 0.00144. The first-order valence-electron chi connectivity index (χ1n) is 9.40. The molecule has 3 N–H and O–H groups in total. The van der Waals surface area contributed by atoms with E-state index in [0.717, 1.165) is 5.52 Å². The second-order valence-corrected chi connectivity index (χ2v) is 7.53. The molecule has 0 spiro atoms. The lowest BCUT2D eigenvalue weighted by Gasteiger charge is -2.24. The number of benzene rings is 2. The molecule has 1 aliphatic heterocycles. The van der Waals surface area contributed by atoms with Crippen molar-refractivity contribution < 1.29 is 19.8 Å². The van der Waals surface area contributed by atoms with Crippen molar-refractivity contribution in [3.05, 3.63) is 65.4 Å². The van der Waals surface area contributed by atoms with Crippen molar-refractivity contribution in [1.82, 2.24) is 9.97 Å². The van der Waals surface area contributed by atoms with Crippen molar-refractivity contribution in [3.8, 4) is 5.75 Å². The first-order valence-corrected chi connectivity index (χ1v) is 9.40. The molecule has 0 bridgehead atoms. The van der Waals surface area contributed by atoms with Gasteiger partial charge in [-0.05, 0) is 35.7 Å². The Balaban J connectivity index is 1.87. The summed E-state index contributed by atoms with van der Waals surface area (Å²) in [4.78, 5) is 34.8. The summed E-state index contributed by atoms with van der Waals surface area (Å²) < 4.78 is 0. The van der Waals surface area contributed by atoms with Crippen LogP contribution in [-0.2, 0) is 9.59 Å². The van der Waals surface area contributed by atoms with E-state index in [9.17, 15) is 19.8 Å². The van der Waals surface area contributed by atoms with Crippen LogP contribution in [0.15, 0.2) is 59.9 Å². The van der Waals surface area contributed by atoms with Crippen molar-refractivity contribution >= 4 is 28.7 Å². The molecular formula is C22H21N3O4. The number of imidazole rings is 1. The van der Waals surface area contributed by atoms with Crippen LogP contribution >= 0.6 is 0 Å². The molecule has 148 valence electrons. The van der Waals surface area contributed by atoms with Gasteiger partial charge in [-0.3, -0.25) is 14.5 Å². The maximum Gasteiger partial charge on any atom is 0.296 e. The molecule has 3 aromatic rings. The minimum Gasteiger partial charge on any atom is -0.508 e. The molecule has 7 nitrogen and oxygen atoms in total. The zero-order chi connectivity index (χ0) is 20.7. The monoisotopic (exact) mass is 391 g/mol. The van der Waals surface area contributed by atoms with Gasteiger partial charge in [-0.15, -0.1) is 0 Å². The number of para-hydroxylation sites is 2. The Bertz CT molecular complexity index is 1110. The number of aliphatic hydroxyl groups is 1. The molecule has 0 radical (unpaired) electrons. The number of fused-ring (bicyclic) bond motifs is 1. The Hall–Kier alpha value is -3.61. The number of carbonyl (C=O) groups excluding carboxylic acids is 2. The van der Waals surface area contributed by atoms with Crippen molar-refractivity contribution in [2.75, 3.05) is 4.90 Å².